The zero-order chi connectivity index (χ0) is 16.2. The molecule has 0 amide bonds. The molecule has 122 valence electrons. The summed E-state index contributed by atoms with van der Waals surface area (Å²) in [5.74, 6) is -0.237. The molecule has 0 spiro atoms. The molecular weight excluding hydrogens is 306 g/mol. The Labute approximate surface area is 130 Å². The van der Waals surface area contributed by atoms with E-state index in [1.54, 1.807) is 18.2 Å². The van der Waals surface area contributed by atoms with Crippen molar-refractivity contribution in [3.05, 3.63) is 24.3 Å². The van der Waals surface area contributed by atoms with Gasteiger partial charge >= 0.3 is 5.97 Å². The van der Waals surface area contributed by atoms with Crippen molar-refractivity contribution in [3.63, 3.8) is 0 Å². The fourth-order valence-electron chi connectivity index (χ4n) is 2.72. The smallest absolute Gasteiger partial charge is 0.303 e. The van der Waals surface area contributed by atoms with Crippen LogP contribution in [0.25, 0.3) is 0 Å². The highest BCUT2D eigenvalue weighted by atomic mass is 32.2. The molecule has 1 unspecified atom stereocenters. The van der Waals surface area contributed by atoms with Gasteiger partial charge in [-0.2, -0.15) is 4.31 Å². The van der Waals surface area contributed by atoms with Gasteiger partial charge in [0.2, 0.25) is 10.0 Å². The lowest BCUT2D eigenvalue weighted by Gasteiger charge is -2.31. The standard InChI is InChI=1S/C15H21NO5S/c1-21-13-5-2-6-14(10-13)22(19,20)16-9-3-4-12(11-16)7-8-15(17)18/h2,5-6,10,12H,3-4,7-9,11H2,1H3,(H,17,18). The van der Waals surface area contributed by atoms with E-state index in [4.69, 9.17) is 9.84 Å². The normalized spacial score (nSPS) is 19.8. The third-order valence-electron chi connectivity index (χ3n) is 3.93. The SMILES string of the molecule is COc1cccc(S(=O)(=O)N2CCCC(CCC(=O)O)C2)c1. The van der Waals surface area contributed by atoms with E-state index in [1.165, 1.54) is 17.5 Å². The lowest BCUT2D eigenvalue weighted by molar-refractivity contribution is -0.137. The zero-order valence-corrected chi connectivity index (χ0v) is 13.4. The van der Waals surface area contributed by atoms with Gasteiger partial charge in [-0.1, -0.05) is 6.07 Å². The first-order chi connectivity index (χ1) is 10.4. The highest BCUT2D eigenvalue weighted by molar-refractivity contribution is 7.89. The Balaban J connectivity index is 2.12. The quantitative estimate of drug-likeness (QED) is 0.863. The molecule has 1 aliphatic heterocycles. The number of piperidine rings is 1. The molecule has 1 fully saturated rings. The predicted molar refractivity (Wildman–Crippen MR) is 81.3 cm³/mol. The van der Waals surface area contributed by atoms with Crippen molar-refractivity contribution < 1.29 is 23.1 Å². The minimum atomic E-state index is -3.56. The van der Waals surface area contributed by atoms with Gasteiger partial charge in [0.1, 0.15) is 5.75 Å². The third kappa shape index (κ3) is 3.98. The van der Waals surface area contributed by atoms with Gasteiger partial charge in [0.15, 0.2) is 0 Å². The van der Waals surface area contributed by atoms with E-state index >= 15 is 0 Å². The van der Waals surface area contributed by atoms with Crippen LogP contribution in [-0.2, 0) is 14.8 Å². The summed E-state index contributed by atoms with van der Waals surface area (Å²) in [6.07, 6.45) is 2.22. The molecule has 1 atom stereocenters. The van der Waals surface area contributed by atoms with Gasteiger partial charge in [0, 0.05) is 25.6 Å². The second-order valence-corrected chi connectivity index (χ2v) is 7.42. The zero-order valence-electron chi connectivity index (χ0n) is 12.6. The van der Waals surface area contributed by atoms with Crippen LogP contribution >= 0.6 is 0 Å². The number of sulfonamides is 1. The maximum Gasteiger partial charge on any atom is 0.303 e. The monoisotopic (exact) mass is 327 g/mol. The van der Waals surface area contributed by atoms with Crippen LogP contribution in [0.1, 0.15) is 25.7 Å². The Morgan fingerprint density at radius 2 is 2.23 bits per heavy atom. The number of rotatable bonds is 6. The second kappa shape index (κ2) is 7.11. The summed E-state index contributed by atoms with van der Waals surface area (Å²) in [4.78, 5) is 10.9. The topological polar surface area (TPSA) is 83.9 Å². The minimum Gasteiger partial charge on any atom is -0.497 e. The first-order valence-electron chi connectivity index (χ1n) is 7.29. The number of ether oxygens (including phenoxy) is 1. The van der Waals surface area contributed by atoms with Crippen LogP contribution in [0.3, 0.4) is 0 Å². The van der Waals surface area contributed by atoms with Crippen molar-refractivity contribution in [1.82, 2.24) is 4.31 Å². The number of carbonyl (C=O) groups is 1. The van der Waals surface area contributed by atoms with Crippen LogP contribution in [-0.4, -0.2) is 44.0 Å². The number of aliphatic carboxylic acids is 1. The Morgan fingerprint density at radius 3 is 2.91 bits per heavy atom. The number of hydrogen-bond donors (Lipinski definition) is 1. The maximum atomic E-state index is 12.7. The Bertz CT molecular complexity index is 629. The molecule has 1 heterocycles. The largest absolute Gasteiger partial charge is 0.497 e. The molecule has 2 rings (SSSR count). The highest BCUT2D eigenvalue weighted by Crippen LogP contribution is 2.27. The minimum absolute atomic E-state index is 0.0811. The average molecular weight is 327 g/mol. The van der Waals surface area contributed by atoms with Crippen molar-refractivity contribution in [2.24, 2.45) is 5.92 Å². The van der Waals surface area contributed by atoms with E-state index in [0.717, 1.165) is 12.8 Å². The van der Waals surface area contributed by atoms with Crippen molar-refractivity contribution in [2.45, 2.75) is 30.6 Å². The maximum absolute atomic E-state index is 12.7. The van der Waals surface area contributed by atoms with Crippen molar-refractivity contribution in [3.8, 4) is 5.75 Å². The van der Waals surface area contributed by atoms with Crippen LogP contribution in [0.4, 0.5) is 0 Å². The van der Waals surface area contributed by atoms with Gasteiger partial charge in [-0.3, -0.25) is 4.79 Å². The molecule has 6 nitrogen and oxygen atoms in total. The molecule has 0 aliphatic carbocycles. The average Bonchev–Trinajstić information content (AvgIpc) is 2.53. The summed E-state index contributed by atoms with van der Waals surface area (Å²) in [7, 11) is -2.07. The highest BCUT2D eigenvalue weighted by Gasteiger charge is 2.30. The van der Waals surface area contributed by atoms with Gasteiger partial charge < -0.3 is 9.84 Å². The van der Waals surface area contributed by atoms with Gasteiger partial charge in [-0.05, 0) is 37.3 Å². The van der Waals surface area contributed by atoms with Crippen LogP contribution in [0.2, 0.25) is 0 Å². The van der Waals surface area contributed by atoms with Crippen molar-refractivity contribution in [2.75, 3.05) is 20.2 Å². The Hall–Kier alpha value is -1.60. The van der Waals surface area contributed by atoms with E-state index in [9.17, 15) is 13.2 Å². The van der Waals surface area contributed by atoms with Gasteiger partial charge in [-0.15, -0.1) is 0 Å². The fraction of sp³-hybridized carbons (Fsp3) is 0.533. The molecule has 7 heteroatoms. The number of carboxylic acid groups (broad SMARTS) is 1. The summed E-state index contributed by atoms with van der Waals surface area (Å²) >= 11 is 0. The fourth-order valence-corrected chi connectivity index (χ4v) is 4.31. The molecule has 1 aromatic carbocycles. The van der Waals surface area contributed by atoms with Gasteiger partial charge in [-0.25, -0.2) is 8.42 Å². The summed E-state index contributed by atoms with van der Waals surface area (Å²) in [5.41, 5.74) is 0. The van der Waals surface area contributed by atoms with E-state index in [0.29, 0.717) is 25.3 Å². The lowest BCUT2D eigenvalue weighted by Crippen LogP contribution is -2.40. The first kappa shape index (κ1) is 16.8. The van der Waals surface area contributed by atoms with Crippen molar-refractivity contribution >= 4 is 16.0 Å². The van der Waals surface area contributed by atoms with Crippen molar-refractivity contribution in [1.29, 1.82) is 0 Å². The molecular formula is C15H21NO5S. The van der Waals surface area contributed by atoms with E-state index in [-0.39, 0.29) is 17.2 Å². The first-order valence-corrected chi connectivity index (χ1v) is 8.73. The summed E-state index contributed by atoms with van der Waals surface area (Å²) in [6.45, 7) is 0.857. The number of methoxy groups -OCH3 is 1. The number of carboxylic acids is 1. The second-order valence-electron chi connectivity index (χ2n) is 5.48. The molecule has 1 saturated heterocycles. The number of hydrogen-bond acceptors (Lipinski definition) is 4. The van der Waals surface area contributed by atoms with Crippen LogP contribution in [0.5, 0.6) is 5.75 Å². The molecule has 0 bridgehead atoms. The summed E-state index contributed by atoms with van der Waals surface area (Å²) in [5, 5.41) is 8.76. The molecule has 22 heavy (non-hydrogen) atoms. The predicted octanol–water partition coefficient (Wildman–Crippen LogP) is 1.96. The molecule has 0 saturated carbocycles. The van der Waals surface area contributed by atoms with Gasteiger partial charge in [0.25, 0.3) is 0 Å². The molecule has 1 aromatic rings. The Kier molecular flexibility index (Phi) is 5.42. The van der Waals surface area contributed by atoms with Crippen LogP contribution < -0.4 is 4.74 Å². The Morgan fingerprint density at radius 1 is 1.45 bits per heavy atom. The van der Waals surface area contributed by atoms with E-state index < -0.39 is 16.0 Å². The number of benzene rings is 1. The van der Waals surface area contributed by atoms with Gasteiger partial charge in [0.05, 0.1) is 12.0 Å². The number of nitrogens with zero attached hydrogens (tertiary/aromatic N) is 1. The molecule has 0 aromatic heterocycles. The van der Waals surface area contributed by atoms with E-state index in [1.807, 2.05) is 0 Å². The lowest BCUT2D eigenvalue weighted by atomic mass is 9.95. The third-order valence-corrected chi connectivity index (χ3v) is 5.79. The summed E-state index contributed by atoms with van der Waals surface area (Å²) < 4.78 is 31.9. The molecule has 0 radical (unpaired) electrons. The van der Waals surface area contributed by atoms with E-state index in [2.05, 4.69) is 0 Å². The summed E-state index contributed by atoms with van der Waals surface area (Å²) in [6, 6.07) is 6.41. The van der Waals surface area contributed by atoms with Crippen LogP contribution in [0, 0.1) is 5.92 Å². The molecule has 1 aliphatic rings. The van der Waals surface area contributed by atoms with Crippen LogP contribution in [0.15, 0.2) is 29.2 Å². The molecule has 1 N–H and O–H groups in total.